The lowest BCUT2D eigenvalue weighted by atomic mass is 10.3. The molecule has 0 aliphatic carbocycles. The summed E-state index contributed by atoms with van der Waals surface area (Å²) in [5.74, 6) is -0.233. The van der Waals surface area contributed by atoms with Gasteiger partial charge in [0.2, 0.25) is 0 Å². The molecule has 0 radical (unpaired) electrons. The van der Waals surface area contributed by atoms with E-state index < -0.39 is 6.10 Å². The normalized spacial score (nSPS) is 12.4. The van der Waals surface area contributed by atoms with Crippen molar-refractivity contribution in [3.05, 3.63) is 42.2 Å². The molecular formula is C14H18FNO2. The maximum Gasteiger partial charge on any atom is 0.260 e. The van der Waals surface area contributed by atoms with Gasteiger partial charge in [-0.2, -0.15) is 0 Å². The average Bonchev–Trinajstić information content (AvgIpc) is 2.34. The van der Waals surface area contributed by atoms with Gasteiger partial charge in [-0.1, -0.05) is 18.2 Å². The number of carbonyl (C=O) groups is 1. The van der Waals surface area contributed by atoms with Gasteiger partial charge in [-0.15, -0.1) is 0 Å². The van der Waals surface area contributed by atoms with Crippen LogP contribution in [0.15, 0.2) is 36.4 Å². The number of ether oxygens (including phenoxy) is 1. The highest BCUT2D eigenvalue weighted by molar-refractivity contribution is 5.80. The summed E-state index contributed by atoms with van der Waals surface area (Å²) in [6.07, 6.45) is 4.05. The zero-order chi connectivity index (χ0) is 13.4. The van der Waals surface area contributed by atoms with Crippen molar-refractivity contribution < 1.29 is 13.9 Å². The highest BCUT2D eigenvalue weighted by Gasteiger charge is 2.13. The zero-order valence-corrected chi connectivity index (χ0v) is 10.7. The predicted octanol–water partition coefficient (Wildman–Crippen LogP) is 2.68. The topological polar surface area (TPSA) is 38.3 Å². The number of amides is 1. The minimum atomic E-state index is -0.641. The van der Waals surface area contributed by atoms with Gasteiger partial charge in [0.15, 0.2) is 6.10 Å². The minimum absolute atomic E-state index is 0.205. The Morgan fingerprint density at radius 1 is 1.56 bits per heavy atom. The zero-order valence-electron chi connectivity index (χ0n) is 10.7. The quantitative estimate of drug-likeness (QED) is 0.623. The van der Waals surface area contributed by atoms with E-state index in [1.165, 1.54) is 12.1 Å². The van der Waals surface area contributed by atoms with E-state index in [0.29, 0.717) is 12.3 Å². The molecule has 1 N–H and O–H groups in total. The van der Waals surface area contributed by atoms with Crippen molar-refractivity contribution >= 4 is 5.91 Å². The third-order valence-electron chi connectivity index (χ3n) is 2.32. The summed E-state index contributed by atoms with van der Waals surface area (Å²) in [6.45, 7) is 4.13. The molecule has 0 saturated carbocycles. The maximum absolute atomic E-state index is 12.9. The second-order valence-corrected chi connectivity index (χ2v) is 3.87. The highest BCUT2D eigenvalue weighted by atomic mass is 19.1. The van der Waals surface area contributed by atoms with Gasteiger partial charge >= 0.3 is 0 Å². The minimum Gasteiger partial charge on any atom is -0.481 e. The lowest BCUT2D eigenvalue weighted by molar-refractivity contribution is -0.127. The Morgan fingerprint density at radius 2 is 2.33 bits per heavy atom. The van der Waals surface area contributed by atoms with Gasteiger partial charge in [0.05, 0.1) is 0 Å². The van der Waals surface area contributed by atoms with Crippen molar-refractivity contribution in [1.29, 1.82) is 0 Å². The molecule has 0 spiro atoms. The number of carbonyl (C=O) groups excluding carboxylic acids is 1. The predicted molar refractivity (Wildman–Crippen MR) is 68.9 cm³/mol. The molecule has 0 bridgehead atoms. The van der Waals surface area contributed by atoms with Crippen LogP contribution in [-0.2, 0) is 4.79 Å². The molecule has 1 aromatic carbocycles. The lowest BCUT2D eigenvalue weighted by Crippen LogP contribution is -2.36. The van der Waals surface area contributed by atoms with Crippen LogP contribution in [0.25, 0.3) is 0 Å². The van der Waals surface area contributed by atoms with E-state index in [-0.39, 0.29) is 11.7 Å². The fourth-order valence-electron chi connectivity index (χ4n) is 1.39. The SMILES string of the molecule is C/C=C/CCNC(=O)C(C)Oc1cccc(F)c1. The Labute approximate surface area is 107 Å². The molecule has 1 aromatic rings. The van der Waals surface area contributed by atoms with Crippen LogP contribution < -0.4 is 10.1 Å². The van der Waals surface area contributed by atoms with Gasteiger partial charge in [-0.05, 0) is 32.4 Å². The van der Waals surface area contributed by atoms with Crippen molar-refractivity contribution in [1.82, 2.24) is 5.32 Å². The number of halogens is 1. The second-order valence-electron chi connectivity index (χ2n) is 3.87. The largest absolute Gasteiger partial charge is 0.481 e. The first-order valence-electron chi connectivity index (χ1n) is 5.94. The Kier molecular flexibility index (Phi) is 5.91. The van der Waals surface area contributed by atoms with Crippen LogP contribution in [-0.4, -0.2) is 18.6 Å². The summed E-state index contributed by atoms with van der Waals surface area (Å²) in [4.78, 5) is 11.6. The number of nitrogens with one attached hydrogen (secondary N) is 1. The molecule has 0 fully saturated rings. The molecule has 0 aliphatic heterocycles. The number of benzene rings is 1. The Hall–Kier alpha value is -1.84. The number of allylic oxidation sites excluding steroid dienone is 1. The van der Waals surface area contributed by atoms with E-state index in [0.717, 1.165) is 6.42 Å². The van der Waals surface area contributed by atoms with Crippen molar-refractivity contribution in [2.24, 2.45) is 0 Å². The summed E-state index contributed by atoms with van der Waals surface area (Å²) in [5.41, 5.74) is 0. The molecule has 3 nitrogen and oxygen atoms in total. The van der Waals surface area contributed by atoms with Crippen molar-refractivity contribution in [2.75, 3.05) is 6.54 Å². The van der Waals surface area contributed by atoms with Crippen molar-refractivity contribution in [3.8, 4) is 5.75 Å². The summed E-state index contributed by atoms with van der Waals surface area (Å²) in [5, 5.41) is 2.74. The molecular weight excluding hydrogens is 233 g/mol. The van der Waals surface area contributed by atoms with Crippen LogP contribution in [0.5, 0.6) is 5.75 Å². The van der Waals surface area contributed by atoms with E-state index in [4.69, 9.17) is 4.74 Å². The third kappa shape index (κ3) is 4.99. The molecule has 98 valence electrons. The van der Waals surface area contributed by atoms with Crippen LogP contribution in [0, 0.1) is 5.82 Å². The summed E-state index contributed by atoms with van der Waals surface area (Å²) < 4.78 is 18.3. The summed E-state index contributed by atoms with van der Waals surface area (Å²) in [7, 11) is 0. The van der Waals surface area contributed by atoms with E-state index >= 15 is 0 Å². The maximum atomic E-state index is 12.9. The monoisotopic (exact) mass is 251 g/mol. The Balaban J connectivity index is 2.40. The third-order valence-corrected chi connectivity index (χ3v) is 2.32. The van der Waals surface area contributed by atoms with Crippen molar-refractivity contribution in [2.45, 2.75) is 26.4 Å². The highest BCUT2D eigenvalue weighted by Crippen LogP contribution is 2.13. The van der Waals surface area contributed by atoms with E-state index in [1.54, 1.807) is 19.1 Å². The Bertz CT molecular complexity index is 418. The molecule has 0 saturated heterocycles. The first-order chi connectivity index (χ1) is 8.63. The van der Waals surface area contributed by atoms with Gasteiger partial charge in [-0.25, -0.2) is 4.39 Å². The van der Waals surface area contributed by atoms with Gasteiger partial charge in [0.1, 0.15) is 11.6 Å². The van der Waals surface area contributed by atoms with Gasteiger partial charge in [0.25, 0.3) is 5.91 Å². The number of hydrogen-bond donors (Lipinski definition) is 1. The smallest absolute Gasteiger partial charge is 0.260 e. The summed E-state index contributed by atoms with van der Waals surface area (Å²) >= 11 is 0. The fourth-order valence-corrected chi connectivity index (χ4v) is 1.39. The number of rotatable bonds is 6. The lowest BCUT2D eigenvalue weighted by Gasteiger charge is -2.14. The van der Waals surface area contributed by atoms with Crippen LogP contribution in [0.3, 0.4) is 0 Å². The number of hydrogen-bond acceptors (Lipinski definition) is 2. The van der Waals surface area contributed by atoms with Gasteiger partial charge < -0.3 is 10.1 Å². The fraction of sp³-hybridized carbons (Fsp3) is 0.357. The second kappa shape index (κ2) is 7.48. The van der Waals surface area contributed by atoms with Crippen molar-refractivity contribution in [3.63, 3.8) is 0 Å². The first-order valence-corrected chi connectivity index (χ1v) is 5.94. The molecule has 18 heavy (non-hydrogen) atoms. The van der Waals surface area contributed by atoms with Crippen LogP contribution in [0.1, 0.15) is 20.3 Å². The van der Waals surface area contributed by atoms with Crippen LogP contribution in [0.2, 0.25) is 0 Å². The molecule has 0 aromatic heterocycles. The first kappa shape index (κ1) is 14.2. The molecule has 1 amide bonds. The molecule has 4 heteroatoms. The molecule has 1 unspecified atom stereocenters. The molecule has 0 heterocycles. The van der Waals surface area contributed by atoms with Gasteiger partial charge in [0, 0.05) is 12.6 Å². The average molecular weight is 251 g/mol. The van der Waals surface area contributed by atoms with Crippen LogP contribution >= 0.6 is 0 Å². The van der Waals surface area contributed by atoms with E-state index in [2.05, 4.69) is 5.32 Å². The summed E-state index contributed by atoms with van der Waals surface area (Å²) in [6, 6.07) is 5.74. The van der Waals surface area contributed by atoms with E-state index in [9.17, 15) is 9.18 Å². The molecule has 1 atom stereocenters. The standard InChI is InChI=1S/C14H18FNO2/c1-3-4-5-9-16-14(17)11(2)18-13-8-6-7-12(15)10-13/h3-4,6-8,10-11H,5,9H2,1-2H3,(H,16,17)/b4-3+. The van der Waals surface area contributed by atoms with E-state index in [1.807, 2.05) is 19.1 Å². The van der Waals surface area contributed by atoms with Gasteiger partial charge in [-0.3, -0.25) is 4.79 Å². The molecule has 0 aliphatic rings. The Morgan fingerprint density at radius 3 is 3.00 bits per heavy atom. The molecule has 1 rings (SSSR count). The van der Waals surface area contributed by atoms with Crippen LogP contribution in [0.4, 0.5) is 4.39 Å².